The van der Waals surface area contributed by atoms with Crippen LogP contribution in [-0.2, 0) is 9.84 Å². The number of rotatable bonds is 4. The largest absolute Gasteiger partial charge is 0.497 e. The molecule has 30 heavy (non-hydrogen) atoms. The molecule has 0 unspecified atom stereocenters. The van der Waals surface area contributed by atoms with Crippen LogP contribution in [0.3, 0.4) is 0 Å². The van der Waals surface area contributed by atoms with Crippen LogP contribution in [0, 0.1) is 17.5 Å². The number of aromatic nitrogens is 1. The van der Waals surface area contributed by atoms with Gasteiger partial charge in [0.1, 0.15) is 28.7 Å². The van der Waals surface area contributed by atoms with Gasteiger partial charge in [0, 0.05) is 11.5 Å². The highest BCUT2D eigenvalue weighted by Gasteiger charge is 2.24. The molecule has 0 spiro atoms. The van der Waals surface area contributed by atoms with Gasteiger partial charge in [-0.1, -0.05) is 24.3 Å². The molecule has 4 nitrogen and oxygen atoms in total. The van der Waals surface area contributed by atoms with E-state index in [0.29, 0.717) is 40.5 Å². The molecule has 0 radical (unpaired) electrons. The van der Waals surface area contributed by atoms with E-state index in [1.54, 1.807) is 30.3 Å². The van der Waals surface area contributed by atoms with E-state index in [0.717, 1.165) is 6.07 Å². The van der Waals surface area contributed by atoms with E-state index in [1.165, 1.54) is 19.2 Å². The van der Waals surface area contributed by atoms with Crippen LogP contribution in [0.25, 0.3) is 22.0 Å². The SMILES string of the molecule is COc1cccc(-c2cc(S(=O)(=O)c3cc(F)cc(F)c3)nc3c(F)cccc23)c1. The minimum atomic E-state index is -4.43. The highest BCUT2D eigenvalue weighted by Crippen LogP contribution is 2.34. The van der Waals surface area contributed by atoms with Gasteiger partial charge in [0.15, 0.2) is 5.03 Å². The van der Waals surface area contributed by atoms with Crippen LogP contribution < -0.4 is 4.74 Å². The summed E-state index contributed by atoms with van der Waals surface area (Å²) in [6, 6.07) is 14.2. The Labute approximate surface area is 170 Å². The molecule has 8 heteroatoms. The monoisotopic (exact) mass is 429 g/mol. The summed E-state index contributed by atoms with van der Waals surface area (Å²) in [5.74, 6) is -2.30. The molecular formula is C22H14F3NO3S. The molecule has 0 saturated carbocycles. The molecule has 152 valence electrons. The standard InChI is InChI=1S/C22H14F3NO3S/c1-29-16-5-2-4-13(8-16)19-12-21(26-22-18(19)6-3-7-20(22)25)30(27,28)17-10-14(23)9-15(24)11-17/h2-12H,1H3. The average molecular weight is 429 g/mol. The molecule has 1 heterocycles. The predicted molar refractivity (Wildman–Crippen MR) is 105 cm³/mol. The molecule has 0 N–H and O–H groups in total. The summed E-state index contributed by atoms with van der Waals surface area (Å²) in [5.41, 5.74) is 0.774. The zero-order valence-electron chi connectivity index (χ0n) is 15.6. The molecule has 0 aliphatic heterocycles. The third-order valence-corrected chi connectivity index (χ3v) is 6.19. The summed E-state index contributed by atoms with van der Waals surface area (Å²) in [6.45, 7) is 0. The van der Waals surface area contributed by atoms with Crippen molar-refractivity contribution in [3.8, 4) is 16.9 Å². The summed E-state index contributed by atoms with van der Waals surface area (Å²) < 4.78 is 73.1. The summed E-state index contributed by atoms with van der Waals surface area (Å²) >= 11 is 0. The van der Waals surface area contributed by atoms with Crippen molar-refractivity contribution in [1.29, 1.82) is 0 Å². The van der Waals surface area contributed by atoms with E-state index >= 15 is 0 Å². The first-order valence-electron chi connectivity index (χ1n) is 8.74. The second-order valence-corrected chi connectivity index (χ2v) is 8.38. The van der Waals surface area contributed by atoms with Crippen LogP contribution in [0.1, 0.15) is 0 Å². The number of nitrogens with zero attached hydrogens (tertiary/aromatic N) is 1. The van der Waals surface area contributed by atoms with Crippen LogP contribution >= 0.6 is 0 Å². The fourth-order valence-corrected chi connectivity index (χ4v) is 4.42. The molecule has 4 rings (SSSR count). The zero-order chi connectivity index (χ0) is 21.5. The highest BCUT2D eigenvalue weighted by molar-refractivity contribution is 7.91. The molecular weight excluding hydrogens is 415 g/mol. The second-order valence-electron chi connectivity index (χ2n) is 6.48. The van der Waals surface area contributed by atoms with Gasteiger partial charge in [0.2, 0.25) is 9.84 Å². The third-order valence-electron chi connectivity index (χ3n) is 4.57. The molecule has 0 bridgehead atoms. The molecule has 0 amide bonds. The van der Waals surface area contributed by atoms with Gasteiger partial charge in [-0.2, -0.15) is 0 Å². The van der Waals surface area contributed by atoms with Gasteiger partial charge < -0.3 is 4.74 Å². The van der Waals surface area contributed by atoms with Gasteiger partial charge in [-0.15, -0.1) is 0 Å². The fourth-order valence-electron chi connectivity index (χ4n) is 3.16. The van der Waals surface area contributed by atoms with Crippen molar-refractivity contribution in [3.63, 3.8) is 0 Å². The third kappa shape index (κ3) is 3.50. The van der Waals surface area contributed by atoms with Gasteiger partial charge in [-0.05, 0) is 47.5 Å². The number of fused-ring (bicyclic) bond motifs is 1. The Hall–Kier alpha value is -3.39. The Morgan fingerprint density at radius 3 is 2.27 bits per heavy atom. The first kappa shape index (κ1) is 19.9. The van der Waals surface area contributed by atoms with Crippen LogP contribution in [0.5, 0.6) is 5.75 Å². The first-order chi connectivity index (χ1) is 14.3. The Morgan fingerprint density at radius 1 is 0.867 bits per heavy atom. The number of ether oxygens (including phenoxy) is 1. The van der Waals surface area contributed by atoms with Crippen molar-refractivity contribution in [1.82, 2.24) is 4.98 Å². The topological polar surface area (TPSA) is 56.3 Å². The summed E-state index contributed by atoms with van der Waals surface area (Å²) in [5, 5.41) is -0.143. The molecule has 0 fully saturated rings. The van der Waals surface area contributed by atoms with Gasteiger partial charge >= 0.3 is 0 Å². The summed E-state index contributed by atoms with van der Waals surface area (Å²) in [4.78, 5) is 3.36. The van der Waals surface area contributed by atoms with Crippen LogP contribution in [0.2, 0.25) is 0 Å². The van der Waals surface area contributed by atoms with Gasteiger partial charge in [-0.25, -0.2) is 26.6 Å². The number of para-hydroxylation sites is 1. The lowest BCUT2D eigenvalue weighted by molar-refractivity contribution is 0.415. The minimum absolute atomic E-state index is 0.173. The molecule has 0 aliphatic carbocycles. The number of pyridine rings is 1. The normalized spacial score (nSPS) is 11.6. The molecule has 1 aromatic heterocycles. The van der Waals surface area contributed by atoms with E-state index < -0.39 is 37.2 Å². The molecule has 4 aromatic rings. The number of benzene rings is 3. The zero-order valence-corrected chi connectivity index (χ0v) is 16.4. The lowest BCUT2D eigenvalue weighted by Crippen LogP contribution is -2.07. The van der Waals surface area contributed by atoms with E-state index in [9.17, 15) is 21.6 Å². The van der Waals surface area contributed by atoms with E-state index in [4.69, 9.17) is 4.74 Å². The second kappa shape index (κ2) is 7.46. The number of halogens is 3. The number of hydrogen-bond acceptors (Lipinski definition) is 4. The molecule has 0 saturated heterocycles. The maximum absolute atomic E-state index is 14.5. The quantitative estimate of drug-likeness (QED) is 0.450. The average Bonchev–Trinajstić information content (AvgIpc) is 2.72. The van der Waals surface area contributed by atoms with Crippen molar-refractivity contribution < 1.29 is 26.3 Å². The Morgan fingerprint density at radius 2 is 1.57 bits per heavy atom. The maximum atomic E-state index is 14.5. The van der Waals surface area contributed by atoms with Crippen molar-refractivity contribution >= 4 is 20.7 Å². The lowest BCUT2D eigenvalue weighted by atomic mass is 10.0. The Bertz CT molecular complexity index is 1370. The summed E-state index contributed by atoms with van der Waals surface area (Å²) in [6.07, 6.45) is 0. The van der Waals surface area contributed by atoms with Gasteiger partial charge in [0.25, 0.3) is 0 Å². The molecule has 0 atom stereocenters. The van der Waals surface area contributed by atoms with Gasteiger partial charge in [-0.3, -0.25) is 0 Å². The minimum Gasteiger partial charge on any atom is -0.497 e. The lowest BCUT2D eigenvalue weighted by Gasteiger charge is -2.12. The van der Waals surface area contributed by atoms with E-state index in [2.05, 4.69) is 4.98 Å². The van der Waals surface area contributed by atoms with E-state index in [1.807, 2.05) is 0 Å². The van der Waals surface area contributed by atoms with Gasteiger partial charge in [0.05, 0.1) is 12.0 Å². The fraction of sp³-hybridized carbons (Fsp3) is 0.0455. The van der Waals surface area contributed by atoms with Crippen molar-refractivity contribution in [2.45, 2.75) is 9.92 Å². The van der Waals surface area contributed by atoms with Crippen LogP contribution in [0.15, 0.2) is 76.7 Å². The number of sulfone groups is 1. The molecule has 0 aliphatic rings. The van der Waals surface area contributed by atoms with Crippen LogP contribution in [-0.4, -0.2) is 20.5 Å². The van der Waals surface area contributed by atoms with Crippen LogP contribution in [0.4, 0.5) is 13.2 Å². The van der Waals surface area contributed by atoms with Crippen molar-refractivity contribution in [2.24, 2.45) is 0 Å². The number of methoxy groups -OCH3 is 1. The maximum Gasteiger partial charge on any atom is 0.224 e. The number of hydrogen-bond donors (Lipinski definition) is 0. The predicted octanol–water partition coefficient (Wildman–Crippen LogP) is 5.16. The Kier molecular flexibility index (Phi) is 4.95. The first-order valence-corrected chi connectivity index (χ1v) is 10.2. The molecule has 3 aromatic carbocycles. The Balaban J connectivity index is 2.03. The highest BCUT2D eigenvalue weighted by atomic mass is 32.2. The van der Waals surface area contributed by atoms with E-state index in [-0.39, 0.29) is 5.52 Å². The smallest absolute Gasteiger partial charge is 0.224 e. The van der Waals surface area contributed by atoms with Crippen molar-refractivity contribution in [3.05, 3.63) is 84.2 Å². The summed E-state index contributed by atoms with van der Waals surface area (Å²) in [7, 11) is -2.94. The van der Waals surface area contributed by atoms with Crippen molar-refractivity contribution in [2.75, 3.05) is 7.11 Å².